The van der Waals surface area contributed by atoms with Crippen molar-refractivity contribution >= 4 is 0 Å². The third-order valence-electron chi connectivity index (χ3n) is 2.70. The van der Waals surface area contributed by atoms with Gasteiger partial charge in [0.05, 0.1) is 5.69 Å². The fourth-order valence-corrected chi connectivity index (χ4v) is 1.64. The number of rotatable bonds is 6. The van der Waals surface area contributed by atoms with Gasteiger partial charge in [-0.3, -0.25) is 0 Å². The highest BCUT2D eigenvalue weighted by Crippen LogP contribution is 2.12. The van der Waals surface area contributed by atoms with E-state index in [2.05, 4.69) is 10.1 Å². The first-order chi connectivity index (χ1) is 9.78. The summed E-state index contributed by atoms with van der Waals surface area (Å²) in [6.45, 7) is 4.55. The Morgan fingerprint density at radius 2 is 2.25 bits per heavy atom. The summed E-state index contributed by atoms with van der Waals surface area (Å²) in [5, 5.41) is 3.87. The minimum atomic E-state index is 0.542. The summed E-state index contributed by atoms with van der Waals surface area (Å²) in [7, 11) is 0. The zero-order chi connectivity index (χ0) is 14.2. The number of allylic oxidation sites excluding steroid dienone is 3. The molecule has 0 unspecified atom stereocenters. The zero-order valence-corrected chi connectivity index (χ0v) is 11.7. The number of pyridine rings is 1. The maximum Gasteiger partial charge on any atom is 0.213 e. The van der Waals surface area contributed by atoms with Gasteiger partial charge in [0.2, 0.25) is 5.88 Å². The quantitative estimate of drug-likeness (QED) is 0.753. The van der Waals surface area contributed by atoms with E-state index in [-0.39, 0.29) is 0 Å². The molecule has 0 amide bonds. The van der Waals surface area contributed by atoms with Crippen molar-refractivity contribution in [3.8, 4) is 5.88 Å². The molecule has 0 radical (unpaired) electrons. The molecule has 0 saturated carbocycles. The van der Waals surface area contributed by atoms with Crippen molar-refractivity contribution in [1.29, 1.82) is 0 Å². The molecule has 0 saturated heterocycles. The van der Waals surface area contributed by atoms with Gasteiger partial charge in [0.1, 0.15) is 12.9 Å². The molecule has 0 atom stereocenters. The average Bonchev–Trinajstić information content (AvgIpc) is 2.97. The Bertz CT molecular complexity index is 569. The fraction of sp³-hybridized carbons (Fsp3) is 0.250. The third kappa shape index (κ3) is 4.39. The highest BCUT2D eigenvalue weighted by molar-refractivity contribution is 5.22. The van der Waals surface area contributed by atoms with E-state index in [4.69, 9.17) is 9.26 Å². The van der Waals surface area contributed by atoms with Gasteiger partial charge in [-0.2, -0.15) is 0 Å². The number of aromatic nitrogens is 2. The second-order valence-corrected chi connectivity index (χ2v) is 4.50. The molecule has 0 aliphatic rings. The first-order valence-corrected chi connectivity index (χ1v) is 6.53. The Morgan fingerprint density at radius 3 is 2.90 bits per heavy atom. The van der Waals surface area contributed by atoms with Crippen molar-refractivity contribution in [3.05, 3.63) is 65.7 Å². The Kier molecular flexibility index (Phi) is 5.12. The van der Waals surface area contributed by atoms with Gasteiger partial charge in [-0.15, -0.1) is 0 Å². The van der Waals surface area contributed by atoms with E-state index in [1.165, 1.54) is 0 Å². The first-order valence-electron chi connectivity index (χ1n) is 6.53. The monoisotopic (exact) mass is 270 g/mol. The van der Waals surface area contributed by atoms with Crippen molar-refractivity contribution in [2.24, 2.45) is 0 Å². The van der Waals surface area contributed by atoms with Crippen LogP contribution in [-0.2, 0) is 6.42 Å². The second kappa shape index (κ2) is 7.28. The molecule has 4 nitrogen and oxygen atoms in total. The smallest absolute Gasteiger partial charge is 0.213 e. The predicted molar refractivity (Wildman–Crippen MR) is 77.6 cm³/mol. The molecule has 2 heterocycles. The van der Waals surface area contributed by atoms with Crippen molar-refractivity contribution in [3.63, 3.8) is 0 Å². The molecule has 0 fully saturated rings. The number of hydrogen-bond donors (Lipinski definition) is 0. The molecule has 0 aromatic carbocycles. The van der Waals surface area contributed by atoms with E-state index in [0.717, 1.165) is 16.8 Å². The molecule has 0 bridgehead atoms. The van der Waals surface area contributed by atoms with Crippen LogP contribution in [0.25, 0.3) is 0 Å². The highest BCUT2D eigenvalue weighted by Gasteiger charge is 2.01. The summed E-state index contributed by atoms with van der Waals surface area (Å²) >= 11 is 0. The van der Waals surface area contributed by atoms with Crippen molar-refractivity contribution in [1.82, 2.24) is 10.1 Å². The van der Waals surface area contributed by atoms with E-state index in [1.807, 2.05) is 50.3 Å². The maximum atomic E-state index is 5.61. The van der Waals surface area contributed by atoms with Crippen molar-refractivity contribution < 1.29 is 9.26 Å². The molecule has 0 aliphatic heterocycles. The Labute approximate surface area is 118 Å². The standard InChI is InChI=1S/C16H18N2O2/c1-3-4-5-13(2)12-19-16-7-6-14(11-17-16)10-15-8-9-20-18-15/h3-9,11H,10,12H2,1-2H3/b4-3-,13-5+. The summed E-state index contributed by atoms with van der Waals surface area (Å²) in [5.41, 5.74) is 3.12. The lowest BCUT2D eigenvalue weighted by Crippen LogP contribution is -2.00. The summed E-state index contributed by atoms with van der Waals surface area (Å²) in [4.78, 5) is 4.29. The predicted octanol–water partition coefficient (Wildman–Crippen LogP) is 3.56. The molecule has 2 aromatic heterocycles. The molecular weight excluding hydrogens is 252 g/mol. The summed E-state index contributed by atoms with van der Waals surface area (Å²) in [5.74, 6) is 0.627. The number of ether oxygens (including phenoxy) is 1. The van der Waals surface area contributed by atoms with Crippen molar-refractivity contribution in [2.75, 3.05) is 6.61 Å². The van der Waals surface area contributed by atoms with Gasteiger partial charge < -0.3 is 9.26 Å². The average molecular weight is 270 g/mol. The van der Waals surface area contributed by atoms with E-state index in [0.29, 0.717) is 18.9 Å². The molecule has 0 spiro atoms. The molecular formula is C16H18N2O2. The Balaban J connectivity index is 1.88. The van der Waals surface area contributed by atoms with Crippen LogP contribution in [0.2, 0.25) is 0 Å². The van der Waals surface area contributed by atoms with Crippen LogP contribution in [0.15, 0.2) is 59.0 Å². The summed E-state index contributed by atoms with van der Waals surface area (Å²) < 4.78 is 10.4. The summed E-state index contributed by atoms with van der Waals surface area (Å²) in [6.07, 6.45) is 10.1. The number of hydrogen-bond acceptors (Lipinski definition) is 4. The van der Waals surface area contributed by atoms with Gasteiger partial charge in [-0.1, -0.05) is 29.5 Å². The van der Waals surface area contributed by atoms with Crippen LogP contribution in [0.3, 0.4) is 0 Å². The van der Waals surface area contributed by atoms with E-state index in [1.54, 1.807) is 12.5 Å². The van der Waals surface area contributed by atoms with E-state index < -0.39 is 0 Å². The van der Waals surface area contributed by atoms with Gasteiger partial charge in [-0.25, -0.2) is 4.98 Å². The third-order valence-corrected chi connectivity index (χ3v) is 2.70. The minimum absolute atomic E-state index is 0.542. The maximum absolute atomic E-state index is 5.61. The number of nitrogens with zero attached hydrogens (tertiary/aromatic N) is 2. The van der Waals surface area contributed by atoms with Crippen LogP contribution in [0.4, 0.5) is 0 Å². The topological polar surface area (TPSA) is 48.2 Å². The van der Waals surface area contributed by atoms with Gasteiger partial charge in [0, 0.05) is 24.8 Å². The van der Waals surface area contributed by atoms with Crippen LogP contribution in [0.1, 0.15) is 25.1 Å². The lowest BCUT2D eigenvalue weighted by atomic mass is 10.2. The fourth-order valence-electron chi connectivity index (χ4n) is 1.64. The van der Waals surface area contributed by atoms with Gasteiger partial charge in [0.15, 0.2) is 0 Å². The van der Waals surface area contributed by atoms with E-state index >= 15 is 0 Å². The summed E-state index contributed by atoms with van der Waals surface area (Å²) in [6, 6.07) is 5.71. The molecule has 2 rings (SSSR count). The Hall–Kier alpha value is -2.36. The van der Waals surface area contributed by atoms with E-state index in [9.17, 15) is 0 Å². The molecule has 0 N–H and O–H groups in total. The second-order valence-electron chi connectivity index (χ2n) is 4.50. The Morgan fingerprint density at radius 1 is 1.35 bits per heavy atom. The largest absolute Gasteiger partial charge is 0.473 e. The molecule has 2 aromatic rings. The van der Waals surface area contributed by atoms with Crippen molar-refractivity contribution in [2.45, 2.75) is 20.3 Å². The first kappa shape index (κ1) is 14.1. The molecule has 104 valence electrons. The highest BCUT2D eigenvalue weighted by atomic mass is 16.5. The molecule has 20 heavy (non-hydrogen) atoms. The van der Waals surface area contributed by atoms with Gasteiger partial charge in [-0.05, 0) is 25.0 Å². The normalized spacial score (nSPS) is 12.0. The van der Waals surface area contributed by atoms with Crippen LogP contribution >= 0.6 is 0 Å². The van der Waals surface area contributed by atoms with Gasteiger partial charge >= 0.3 is 0 Å². The lowest BCUT2D eigenvalue weighted by Gasteiger charge is -2.05. The SMILES string of the molecule is C/C=C\C=C(/C)COc1ccc(Cc2ccon2)cn1. The van der Waals surface area contributed by atoms with Gasteiger partial charge in [0.25, 0.3) is 0 Å². The van der Waals surface area contributed by atoms with Crippen LogP contribution in [0.5, 0.6) is 5.88 Å². The lowest BCUT2D eigenvalue weighted by molar-refractivity contribution is 0.338. The van der Waals surface area contributed by atoms with Crippen LogP contribution in [0, 0.1) is 0 Å². The zero-order valence-electron chi connectivity index (χ0n) is 11.7. The van der Waals surface area contributed by atoms with Crippen LogP contribution in [-0.4, -0.2) is 16.7 Å². The molecule has 0 aliphatic carbocycles. The van der Waals surface area contributed by atoms with Crippen LogP contribution < -0.4 is 4.74 Å². The molecule has 4 heteroatoms. The minimum Gasteiger partial charge on any atom is -0.473 e.